The molecule has 1 aromatic carbocycles. The smallest absolute Gasteiger partial charge is 0.288 e. The molecule has 1 aliphatic carbocycles. The minimum absolute atomic E-state index is 0.0795. The highest BCUT2D eigenvalue weighted by atomic mass is 16.2. The fourth-order valence-electron chi connectivity index (χ4n) is 3.64. The summed E-state index contributed by atoms with van der Waals surface area (Å²) in [4.78, 5) is 42.3. The molecule has 2 aromatic rings. The van der Waals surface area contributed by atoms with Crippen LogP contribution in [-0.2, 0) is 22.4 Å². The molecule has 1 fully saturated rings. The second-order valence-electron chi connectivity index (χ2n) is 6.87. The standard InChI is InChI=1S/C20H20N4O3/c25-18-11-15(19(26)22-23-20(27)17-6-1-2-9-21-17)12-24(18)16-8-7-13-4-3-5-14(13)10-16/h1-2,6-10,15H,3-5,11-12H2,(H,22,26)(H,23,27)/t15-/m1/s1. The molecule has 7 nitrogen and oxygen atoms in total. The molecule has 1 saturated heterocycles. The number of aryl methyl sites for hydroxylation is 2. The lowest BCUT2D eigenvalue weighted by molar-refractivity contribution is -0.126. The Balaban J connectivity index is 1.37. The molecule has 27 heavy (non-hydrogen) atoms. The molecular weight excluding hydrogens is 344 g/mol. The maximum atomic E-state index is 12.4. The predicted octanol–water partition coefficient (Wildman–Crippen LogP) is 1.38. The van der Waals surface area contributed by atoms with Crippen molar-refractivity contribution in [1.29, 1.82) is 0 Å². The van der Waals surface area contributed by atoms with Crippen LogP contribution in [0, 0.1) is 5.92 Å². The van der Waals surface area contributed by atoms with Gasteiger partial charge in [-0.05, 0) is 54.7 Å². The van der Waals surface area contributed by atoms with Gasteiger partial charge in [0, 0.05) is 24.8 Å². The number of hydrogen-bond acceptors (Lipinski definition) is 4. The summed E-state index contributed by atoms with van der Waals surface area (Å²) in [5.41, 5.74) is 8.43. The van der Waals surface area contributed by atoms with Crippen molar-refractivity contribution in [2.75, 3.05) is 11.4 Å². The number of carbonyl (C=O) groups is 3. The Kier molecular flexibility index (Phi) is 4.58. The maximum absolute atomic E-state index is 12.4. The molecule has 0 spiro atoms. The van der Waals surface area contributed by atoms with Crippen molar-refractivity contribution in [2.45, 2.75) is 25.7 Å². The molecule has 0 saturated carbocycles. The number of aromatic nitrogens is 1. The molecule has 1 aliphatic heterocycles. The largest absolute Gasteiger partial charge is 0.312 e. The number of anilines is 1. The zero-order chi connectivity index (χ0) is 18.8. The molecular formula is C20H20N4O3. The van der Waals surface area contributed by atoms with Crippen LogP contribution in [0.5, 0.6) is 0 Å². The van der Waals surface area contributed by atoms with E-state index in [1.54, 1.807) is 23.1 Å². The number of hydrogen-bond donors (Lipinski definition) is 2. The van der Waals surface area contributed by atoms with E-state index >= 15 is 0 Å². The summed E-state index contributed by atoms with van der Waals surface area (Å²) in [6.07, 6.45) is 4.90. The lowest BCUT2D eigenvalue weighted by atomic mass is 10.1. The highest BCUT2D eigenvalue weighted by Gasteiger charge is 2.35. The van der Waals surface area contributed by atoms with Gasteiger partial charge in [-0.25, -0.2) is 0 Å². The van der Waals surface area contributed by atoms with Crippen molar-refractivity contribution in [2.24, 2.45) is 5.92 Å². The molecule has 0 bridgehead atoms. The molecule has 1 atom stereocenters. The van der Waals surface area contributed by atoms with E-state index in [0.29, 0.717) is 6.54 Å². The fraction of sp³-hybridized carbons (Fsp3) is 0.300. The van der Waals surface area contributed by atoms with Gasteiger partial charge < -0.3 is 4.90 Å². The van der Waals surface area contributed by atoms with Crippen LogP contribution < -0.4 is 15.8 Å². The Morgan fingerprint density at radius 1 is 1.07 bits per heavy atom. The highest BCUT2D eigenvalue weighted by Crippen LogP contribution is 2.30. The monoisotopic (exact) mass is 364 g/mol. The van der Waals surface area contributed by atoms with Crippen molar-refractivity contribution >= 4 is 23.4 Å². The molecule has 4 rings (SSSR count). The Morgan fingerprint density at radius 2 is 1.93 bits per heavy atom. The first-order valence-corrected chi connectivity index (χ1v) is 9.05. The number of nitrogens with zero attached hydrogens (tertiary/aromatic N) is 2. The van der Waals surface area contributed by atoms with Crippen LogP contribution >= 0.6 is 0 Å². The molecule has 2 aliphatic rings. The maximum Gasteiger partial charge on any atom is 0.288 e. The average molecular weight is 364 g/mol. The van der Waals surface area contributed by atoms with Crippen molar-refractivity contribution in [3.8, 4) is 0 Å². The van der Waals surface area contributed by atoms with Crippen LogP contribution in [-0.4, -0.2) is 29.3 Å². The van der Waals surface area contributed by atoms with E-state index in [-0.39, 0.29) is 23.9 Å². The summed E-state index contributed by atoms with van der Waals surface area (Å²) >= 11 is 0. The minimum Gasteiger partial charge on any atom is -0.312 e. The van der Waals surface area contributed by atoms with E-state index in [1.165, 1.54) is 17.3 Å². The van der Waals surface area contributed by atoms with Crippen molar-refractivity contribution in [3.05, 3.63) is 59.4 Å². The third-order valence-electron chi connectivity index (χ3n) is 5.09. The van der Waals surface area contributed by atoms with Gasteiger partial charge in [0.05, 0.1) is 5.92 Å². The average Bonchev–Trinajstić information content (AvgIpc) is 3.32. The minimum atomic E-state index is -0.505. The zero-order valence-corrected chi connectivity index (χ0v) is 14.8. The molecule has 7 heteroatoms. The Morgan fingerprint density at radius 3 is 2.74 bits per heavy atom. The first kappa shape index (κ1) is 17.2. The first-order valence-electron chi connectivity index (χ1n) is 9.05. The molecule has 2 heterocycles. The molecule has 1 aromatic heterocycles. The molecule has 2 N–H and O–H groups in total. The van der Waals surface area contributed by atoms with E-state index in [4.69, 9.17) is 0 Å². The SMILES string of the molecule is O=C(NNC(=O)[C@@H]1CC(=O)N(c2ccc3c(c2)CCC3)C1)c1ccccn1. The number of carbonyl (C=O) groups excluding carboxylic acids is 3. The number of nitrogens with one attached hydrogen (secondary N) is 2. The molecule has 138 valence electrons. The number of amides is 3. The zero-order valence-electron chi connectivity index (χ0n) is 14.8. The van der Waals surface area contributed by atoms with Gasteiger partial charge in [0.25, 0.3) is 5.91 Å². The number of hydrazine groups is 1. The summed E-state index contributed by atoms with van der Waals surface area (Å²) in [5.74, 6) is -1.46. The third-order valence-corrected chi connectivity index (χ3v) is 5.09. The van der Waals surface area contributed by atoms with Gasteiger partial charge in [0.15, 0.2) is 0 Å². The van der Waals surface area contributed by atoms with Gasteiger partial charge in [0.2, 0.25) is 11.8 Å². The van der Waals surface area contributed by atoms with Crippen molar-refractivity contribution in [3.63, 3.8) is 0 Å². The van der Waals surface area contributed by atoms with E-state index in [1.807, 2.05) is 6.07 Å². The molecule has 0 radical (unpaired) electrons. The van der Waals surface area contributed by atoms with E-state index < -0.39 is 11.8 Å². The van der Waals surface area contributed by atoms with Crippen LogP contribution in [0.2, 0.25) is 0 Å². The predicted molar refractivity (Wildman–Crippen MR) is 98.8 cm³/mol. The second-order valence-corrected chi connectivity index (χ2v) is 6.87. The first-order chi connectivity index (χ1) is 13.1. The van der Waals surface area contributed by atoms with Crippen molar-refractivity contribution in [1.82, 2.24) is 15.8 Å². The summed E-state index contributed by atoms with van der Waals surface area (Å²) in [7, 11) is 0. The number of fused-ring (bicyclic) bond motifs is 1. The van der Waals surface area contributed by atoms with Gasteiger partial charge in [-0.3, -0.25) is 30.2 Å². The third kappa shape index (κ3) is 3.53. The normalized spacial score (nSPS) is 18.3. The Bertz CT molecular complexity index is 897. The second kappa shape index (κ2) is 7.19. The van der Waals surface area contributed by atoms with Crippen LogP contribution in [0.3, 0.4) is 0 Å². The quantitative estimate of drug-likeness (QED) is 0.805. The molecule has 3 amide bonds. The van der Waals surface area contributed by atoms with Gasteiger partial charge in [-0.2, -0.15) is 0 Å². The number of benzene rings is 1. The summed E-state index contributed by atoms with van der Waals surface area (Å²) in [6.45, 7) is 0.308. The lowest BCUT2D eigenvalue weighted by Gasteiger charge is -2.18. The highest BCUT2D eigenvalue weighted by molar-refractivity contribution is 6.01. The van der Waals surface area contributed by atoms with Crippen LogP contribution in [0.15, 0.2) is 42.6 Å². The van der Waals surface area contributed by atoms with E-state index in [9.17, 15) is 14.4 Å². The number of rotatable bonds is 3. The van der Waals surface area contributed by atoms with Gasteiger partial charge in [0.1, 0.15) is 5.69 Å². The van der Waals surface area contributed by atoms with Crippen LogP contribution in [0.25, 0.3) is 0 Å². The Labute approximate surface area is 156 Å². The van der Waals surface area contributed by atoms with E-state index in [0.717, 1.165) is 24.9 Å². The summed E-state index contributed by atoms with van der Waals surface area (Å²) < 4.78 is 0. The lowest BCUT2D eigenvalue weighted by Crippen LogP contribution is -2.45. The van der Waals surface area contributed by atoms with Gasteiger partial charge >= 0.3 is 0 Å². The van der Waals surface area contributed by atoms with Crippen LogP contribution in [0.4, 0.5) is 5.69 Å². The molecule has 0 unspecified atom stereocenters. The topological polar surface area (TPSA) is 91.4 Å². The number of pyridine rings is 1. The van der Waals surface area contributed by atoms with E-state index in [2.05, 4.69) is 28.0 Å². The summed E-state index contributed by atoms with van der Waals surface area (Å²) in [6, 6.07) is 11.0. The Hall–Kier alpha value is -3.22. The van der Waals surface area contributed by atoms with Crippen LogP contribution in [0.1, 0.15) is 34.5 Å². The van der Waals surface area contributed by atoms with Gasteiger partial charge in [-0.15, -0.1) is 0 Å². The fourth-order valence-corrected chi connectivity index (χ4v) is 3.64. The van der Waals surface area contributed by atoms with Gasteiger partial charge in [-0.1, -0.05) is 12.1 Å². The van der Waals surface area contributed by atoms with Crippen molar-refractivity contribution < 1.29 is 14.4 Å². The summed E-state index contributed by atoms with van der Waals surface area (Å²) in [5, 5.41) is 0.